The second-order valence-electron chi connectivity index (χ2n) is 14.3. The van der Waals surface area contributed by atoms with Crippen LogP contribution in [0.1, 0.15) is 0 Å². The summed E-state index contributed by atoms with van der Waals surface area (Å²) in [4.78, 5) is 20.8. The molecular weight excluding hydrogens is 743 g/mol. The fourth-order valence-corrected chi connectivity index (χ4v) is 8.63. The van der Waals surface area contributed by atoms with Gasteiger partial charge in [0.15, 0.2) is 17.5 Å². The first-order valence-electron chi connectivity index (χ1n) is 19.3. The lowest BCUT2D eigenvalue weighted by Crippen LogP contribution is -2.00. The Labute approximate surface area is 343 Å². The Morgan fingerprint density at radius 2 is 0.814 bits per heavy atom. The second-order valence-corrected chi connectivity index (χ2v) is 15.3. The van der Waals surface area contributed by atoms with Crippen LogP contribution < -0.4 is 0 Å². The van der Waals surface area contributed by atoms with Gasteiger partial charge < -0.3 is 0 Å². The molecule has 0 amide bonds. The summed E-state index contributed by atoms with van der Waals surface area (Å²) in [6.07, 6.45) is 0. The zero-order chi connectivity index (χ0) is 39.1. The highest BCUT2D eigenvalue weighted by Crippen LogP contribution is 2.38. The first-order valence-corrected chi connectivity index (χ1v) is 20.1. The van der Waals surface area contributed by atoms with Crippen molar-refractivity contribution in [2.45, 2.75) is 0 Å². The predicted octanol–water partition coefficient (Wildman–Crippen LogP) is 12.6. The van der Waals surface area contributed by atoms with Crippen LogP contribution in [0.15, 0.2) is 188 Å². The van der Waals surface area contributed by atoms with Crippen molar-refractivity contribution in [2.24, 2.45) is 0 Å². The molecule has 0 bridgehead atoms. The van der Waals surface area contributed by atoms with Gasteiger partial charge in [-0.2, -0.15) is 0 Å². The van der Waals surface area contributed by atoms with Crippen molar-refractivity contribution in [3.63, 3.8) is 0 Å². The Kier molecular flexibility index (Phi) is 8.52. The molecule has 7 aromatic carbocycles. The number of aromatic nitrogens is 7. The average molecular weight is 774 g/mol. The number of benzene rings is 7. The highest BCUT2D eigenvalue weighted by Gasteiger charge is 2.17. The third-order valence-electron chi connectivity index (χ3n) is 10.6. The lowest BCUT2D eigenvalue weighted by molar-refractivity contribution is 0.904. The first-order chi connectivity index (χ1) is 29.2. The number of nitrogens with zero attached hydrogens (tertiary/aromatic N) is 7. The van der Waals surface area contributed by atoms with Crippen LogP contribution in [-0.2, 0) is 0 Å². The quantitative estimate of drug-likeness (QED) is 0.159. The van der Waals surface area contributed by atoms with Crippen molar-refractivity contribution in [3.8, 4) is 78.8 Å². The third kappa shape index (κ3) is 6.57. The summed E-state index contributed by atoms with van der Waals surface area (Å²) >= 11 is 1.61. The maximum atomic E-state index is 5.02. The highest BCUT2D eigenvalue weighted by atomic mass is 32.1. The molecule has 0 saturated carbocycles. The molecule has 4 heterocycles. The molecule has 7 nitrogen and oxygen atoms in total. The molecule has 0 aliphatic carbocycles. The molecule has 276 valence electrons. The maximum absolute atomic E-state index is 5.02. The minimum atomic E-state index is 0.621. The molecule has 0 N–H and O–H groups in total. The van der Waals surface area contributed by atoms with E-state index >= 15 is 0 Å². The summed E-state index contributed by atoms with van der Waals surface area (Å²) in [5.74, 6) is 1.88. The van der Waals surface area contributed by atoms with Crippen LogP contribution in [-0.4, -0.2) is 35.3 Å². The van der Waals surface area contributed by atoms with Gasteiger partial charge in [0.05, 0.1) is 10.2 Å². The molecule has 0 saturated heterocycles. The molecule has 59 heavy (non-hydrogen) atoms. The molecule has 11 aromatic rings. The standard InChI is InChI=1S/C51H31N7S/c1-3-10-32(11-4-1)33-24-28-39(29-25-33)49-53-48(38-12-5-2-6-13-38)54-50(55-49)42-16-9-15-40(30-42)36-20-18-34(19-21-36)35-22-26-37(27-23-35)45-47-46(57-58-56-45)43-31-41-14-7-8-17-44(41)52-51(43)59-47/h1-31H. The number of hydrogen-bond acceptors (Lipinski definition) is 8. The van der Waals surface area contributed by atoms with E-state index < -0.39 is 0 Å². The van der Waals surface area contributed by atoms with E-state index in [0.717, 1.165) is 87.1 Å². The van der Waals surface area contributed by atoms with Crippen LogP contribution >= 0.6 is 11.3 Å². The minimum Gasteiger partial charge on any atom is -0.237 e. The van der Waals surface area contributed by atoms with Crippen LogP contribution in [0.2, 0.25) is 0 Å². The molecule has 0 spiro atoms. The van der Waals surface area contributed by atoms with Crippen LogP contribution in [0.5, 0.6) is 0 Å². The third-order valence-corrected chi connectivity index (χ3v) is 11.7. The molecule has 4 aromatic heterocycles. The smallest absolute Gasteiger partial charge is 0.164 e. The Hall–Kier alpha value is -7.81. The van der Waals surface area contributed by atoms with Gasteiger partial charge in [0, 0.05) is 33.0 Å². The number of para-hydroxylation sites is 1. The van der Waals surface area contributed by atoms with Crippen molar-refractivity contribution < 1.29 is 0 Å². The monoisotopic (exact) mass is 773 g/mol. The van der Waals surface area contributed by atoms with Gasteiger partial charge in [-0.05, 0) is 56.8 Å². The Morgan fingerprint density at radius 1 is 0.339 bits per heavy atom. The van der Waals surface area contributed by atoms with Crippen LogP contribution in [0, 0.1) is 0 Å². The summed E-state index contributed by atoms with van der Waals surface area (Å²) in [7, 11) is 0. The number of pyridine rings is 1. The summed E-state index contributed by atoms with van der Waals surface area (Å²) in [5.41, 5.74) is 13.1. The van der Waals surface area contributed by atoms with E-state index in [4.69, 9.17) is 19.9 Å². The summed E-state index contributed by atoms with van der Waals surface area (Å²) in [6, 6.07) is 64.7. The predicted molar refractivity (Wildman–Crippen MR) is 239 cm³/mol. The SMILES string of the molecule is c1ccc(-c2ccc(-c3nc(-c4ccccc4)nc(-c4cccc(-c5ccc(-c6ccc(-c7nnnc8c7sc7nc9ccccc9cc78)cc6)cc5)c4)n3)cc2)cc1. The molecule has 0 atom stereocenters. The topological polar surface area (TPSA) is 90.2 Å². The van der Waals surface area contributed by atoms with E-state index in [1.807, 2.05) is 54.6 Å². The van der Waals surface area contributed by atoms with Gasteiger partial charge in [0.25, 0.3) is 0 Å². The van der Waals surface area contributed by atoms with Gasteiger partial charge >= 0.3 is 0 Å². The number of thiophene rings is 1. The number of hydrogen-bond donors (Lipinski definition) is 0. The van der Waals surface area contributed by atoms with Gasteiger partial charge in [-0.25, -0.2) is 19.9 Å². The largest absolute Gasteiger partial charge is 0.237 e. The minimum absolute atomic E-state index is 0.621. The van der Waals surface area contributed by atoms with E-state index in [-0.39, 0.29) is 0 Å². The molecule has 0 aliphatic rings. The van der Waals surface area contributed by atoms with Crippen molar-refractivity contribution in [3.05, 3.63) is 188 Å². The van der Waals surface area contributed by atoms with Crippen LogP contribution in [0.3, 0.4) is 0 Å². The van der Waals surface area contributed by atoms with Gasteiger partial charge in [0.2, 0.25) is 0 Å². The molecule has 0 aliphatic heterocycles. The lowest BCUT2D eigenvalue weighted by Gasteiger charge is -2.10. The Morgan fingerprint density at radius 3 is 1.47 bits per heavy atom. The molecule has 8 heteroatoms. The maximum Gasteiger partial charge on any atom is 0.164 e. The fraction of sp³-hybridized carbons (Fsp3) is 0. The van der Waals surface area contributed by atoms with E-state index in [0.29, 0.717) is 17.5 Å². The number of fused-ring (bicyclic) bond motifs is 4. The van der Waals surface area contributed by atoms with E-state index in [1.165, 1.54) is 5.56 Å². The van der Waals surface area contributed by atoms with Crippen LogP contribution in [0.25, 0.3) is 110 Å². The summed E-state index contributed by atoms with van der Waals surface area (Å²) in [5, 5.41) is 15.1. The van der Waals surface area contributed by atoms with Gasteiger partial charge in [0.1, 0.15) is 16.0 Å². The van der Waals surface area contributed by atoms with Gasteiger partial charge in [-0.3, -0.25) is 0 Å². The average Bonchev–Trinajstić information content (AvgIpc) is 3.69. The number of rotatable bonds is 7. The Balaban J connectivity index is 0.882. The normalized spacial score (nSPS) is 11.4. The molecule has 0 unspecified atom stereocenters. The van der Waals surface area contributed by atoms with Gasteiger partial charge in [-0.1, -0.05) is 170 Å². The Bertz CT molecular complexity index is 3300. The lowest BCUT2D eigenvalue weighted by atomic mass is 9.98. The zero-order valence-electron chi connectivity index (χ0n) is 31.4. The van der Waals surface area contributed by atoms with E-state index in [9.17, 15) is 0 Å². The van der Waals surface area contributed by atoms with Crippen molar-refractivity contribution in [1.29, 1.82) is 0 Å². The van der Waals surface area contributed by atoms with Crippen molar-refractivity contribution >= 4 is 42.7 Å². The molecule has 11 rings (SSSR count). The zero-order valence-corrected chi connectivity index (χ0v) is 32.3. The fourth-order valence-electron chi connectivity index (χ4n) is 7.53. The van der Waals surface area contributed by atoms with Crippen molar-refractivity contribution in [1.82, 2.24) is 35.3 Å². The van der Waals surface area contributed by atoms with E-state index in [2.05, 4.69) is 149 Å². The van der Waals surface area contributed by atoms with E-state index in [1.54, 1.807) is 11.3 Å². The highest BCUT2D eigenvalue weighted by molar-refractivity contribution is 7.25. The first kappa shape index (κ1) is 34.4. The summed E-state index contributed by atoms with van der Waals surface area (Å²) in [6.45, 7) is 0. The molecular formula is C51H31N7S. The van der Waals surface area contributed by atoms with Crippen molar-refractivity contribution in [2.75, 3.05) is 0 Å². The van der Waals surface area contributed by atoms with Crippen LogP contribution in [0.4, 0.5) is 0 Å². The molecule has 0 radical (unpaired) electrons. The second kappa shape index (κ2) is 14.6. The van der Waals surface area contributed by atoms with Gasteiger partial charge in [-0.15, -0.1) is 21.5 Å². The molecule has 0 fully saturated rings. The summed E-state index contributed by atoms with van der Waals surface area (Å²) < 4.78 is 0.985.